The quantitative estimate of drug-likeness (QED) is 0.503. The van der Waals surface area contributed by atoms with E-state index in [4.69, 9.17) is 10.8 Å². The van der Waals surface area contributed by atoms with Crippen molar-refractivity contribution in [3.63, 3.8) is 0 Å². The third-order valence-electron chi connectivity index (χ3n) is 5.48. The topological polar surface area (TPSA) is 110 Å². The number of piperidine rings is 1. The Labute approximate surface area is 182 Å². The number of aliphatic imine (C=N–C) groups is 2. The summed E-state index contributed by atoms with van der Waals surface area (Å²) in [6.45, 7) is 2.86. The van der Waals surface area contributed by atoms with E-state index in [0.717, 1.165) is 48.8 Å². The maximum Gasteiger partial charge on any atom is 0.182 e. The first kappa shape index (κ1) is 22.2. The van der Waals surface area contributed by atoms with E-state index in [0.29, 0.717) is 12.3 Å². The van der Waals surface area contributed by atoms with Crippen LogP contribution >= 0.6 is 11.9 Å². The number of anilines is 2. The Bertz CT molecular complexity index is 837. The molecule has 4 N–H and O–H groups in total. The molecule has 4 rings (SSSR count). The lowest BCUT2D eigenvalue weighted by atomic mass is 9.91. The van der Waals surface area contributed by atoms with Crippen molar-refractivity contribution < 1.29 is 5.11 Å². The van der Waals surface area contributed by atoms with Crippen LogP contribution < -0.4 is 15.4 Å². The smallest absolute Gasteiger partial charge is 0.182 e. The second kappa shape index (κ2) is 11.6. The minimum Gasteiger partial charge on any atom is -0.395 e. The molecule has 7 nitrogen and oxygen atoms in total. The van der Waals surface area contributed by atoms with Crippen molar-refractivity contribution in [2.45, 2.75) is 32.1 Å². The second-order valence-corrected chi connectivity index (χ2v) is 8.45. The van der Waals surface area contributed by atoms with E-state index in [9.17, 15) is 5.26 Å². The Balaban J connectivity index is 1.90. The zero-order valence-corrected chi connectivity index (χ0v) is 18.1. The summed E-state index contributed by atoms with van der Waals surface area (Å²) in [5.41, 5.74) is 9.32. The van der Waals surface area contributed by atoms with Gasteiger partial charge in [-0.25, -0.2) is 4.99 Å². The number of nitrogens with one attached hydrogen (secondary N) is 1. The van der Waals surface area contributed by atoms with E-state index in [-0.39, 0.29) is 18.2 Å². The largest absolute Gasteiger partial charge is 0.395 e. The predicted octanol–water partition coefficient (Wildman–Crippen LogP) is 3.43. The molecule has 0 amide bonds. The van der Waals surface area contributed by atoms with Gasteiger partial charge in [0.25, 0.3) is 0 Å². The number of amidine groups is 1. The van der Waals surface area contributed by atoms with Crippen LogP contribution in [0.1, 0.15) is 37.7 Å². The van der Waals surface area contributed by atoms with Crippen molar-refractivity contribution in [1.29, 1.82) is 5.26 Å². The summed E-state index contributed by atoms with van der Waals surface area (Å²) in [5, 5.41) is 18.4. The third-order valence-corrected chi connectivity index (χ3v) is 6.24. The first-order valence-corrected chi connectivity index (χ1v) is 11.5. The summed E-state index contributed by atoms with van der Waals surface area (Å²) in [6.07, 6.45) is 9.28. The summed E-state index contributed by atoms with van der Waals surface area (Å²) in [4.78, 5) is 11.0. The molecular formula is C22H30N6OS. The minimum absolute atomic E-state index is 0.143. The fourth-order valence-corrected chi connectivity index (χ4v) is 4.32. The first-order valence-electron chi connectivity index (χ1n) is 10.5. The number of aliphatic hydroxyl groups is 1. The molecule has 8 heteroatoms. The molecule has 0 spiro atoms. The molecule has 1 saturated heterocycles. The molecule has 1 aromatic rings. The molecule has 1 fully saturated rings. The summed E-state index contributed by atoms with van der Waals surface area (Å²) in [6, 6.07) is 8.27. The molecule has 2 bridgehead atoms. The fraction of sp³-hybridized carbons (Fsp3) is 0.500. The average molecular weight is 427 g/mol. The van der Waals surface area contributed by atoms with Gasteiger partial charge in [0.1, 0.15) is 6.07 Å². The van der Waals surface area contributed by atoms with Gasteiger partial charge in [-0.15, -0.1) is 0 Å². The molecule has 0 aliphatic carbocycles. The van der Waals surface area contributed by atoms with Gasteiger partial charge in [0.2, 0.25) is 0 Å². The van der Waals surface area contributed by atoms with E-state index in [1.807, 2.05) is 18.2 Å². The predicted molar refractivity (Wildman–Crippen MR) is 127 cm³/mol. The SMILES string of the molecule is N#CC1=N/C=C/c2ccc(NSCCO)cc2N2CCC(CCCCN=C1N)CC2. The standard InChI is InChI=1S/C22H30N6OS/c23-16-20-22(24)26-9-2-1-3-17-7-11-28(12-8-17)21-15-19(27-30-14-13-29)5-4-18(21)6-10-25-20/h4-6,10,15,17,27,29H,1-3,7-9,11-14H2,(H2,24,26)/b10-6+,25-20?. The molecular weight excluding hydrogens is 396 g/mol. The Kier molecular flexibility index (Phi) is 8.60. The molecule has 3 heterocycles. The van der Waals surface area contributed by atoms with Crippen molar-refractivity contribution in [1.82, 2.24) is 0 Å². The Morgan fingerprint density at radius 3 is 2.87 bits per heavy atom. The van der Waals surface area contributed by atoms with Crippen molar-refractivity contribution >= 4 is 40.9 Å². The van der Waals surface area contributed by atoms with Crippen LogP contribution in [0, 0.1) is 17.2 Å². The summed E-state index contributed by atoms with van der Waals surface area (Å²) in [7, 11) is 0. The number of nitrogens with two attached hydrogens (primary N) is 1. The van der Waals surface area contributed by atoms with Crippen molar-refractivity contribution in [3.8, 4) is 6.07 Å². The summed E-state index contributed by atoms with van der Waals surface area (Å²) < 4.78 is 3.30. The number of hydrogen-bond acceptors (Lipinski definition) is 8. The average Bonchev–Trinajstić information content (AvgIpc) is 2.77. The van der Waals surface area contributed by atoms with Crippen LogP contribution in [0.25, 0.3) is 6.08 Å². The molecule has 0 unspecified atom stereocenters. The van der Waals surface area contributed by atoms with Crippen LogP contribution in [0.4, 0.5) is 11.4 Å². The maximum absolute atomic E-state index is 9.36. The number of hydrogen-bond donors (Lipinski definition) is 3. The number of fused-ring (bicyclic) bond motifs is 8. The van der Waals surface area contributed by atoms with E-state index >= 15 is 0 Å². The number of benzene rings is 1. The van der Waals surface area contributed by atoms with Gasteiger partial charge in [0, 0.05) is 43.0 Å². The van der Waals surface area contributed by atoms with Crippen molar-refractivity contribution in [2.75, 3.05) is 41.6 Å². The molecule has 0 radical (unpaired) electrons. The summed E-state index contributed by atoms with van der Waals surface area (Å²) in [5.74, 6) is 1.60. The maximum atomic E-state index is 9.36. The van der Waals surface area contributed by atoms with Gasteiger partial charge < -0.3 is 20.5 Å². The molecule has 0 saturated carbocycles. The summed E-state index contributed by atoms with van der Waals surface area (Å²) >= 11 is 1.49. The molecule has 1 aromatic carbocycles. The van der Waals surface area contributed by atoms with Crippen LogP contribution in [-0.2, 0) is 0 Å². The van der Waals surface area contributed by atoms with Crippen molar-refractivity contribution in [3.05, 3.63) is 30.0 Å². The van der Waals surface area contributed by atoms with Gasteiger partial charge in [-0.3, -0.25) is 4.99 Å². The van der Waals surface area contributed by atoms with Gasteiger partial charge in [0.15, 0.2) is 11.5 Å². The van der Waals surface area contributed by atoms with E-state index < -0.39 is 0 Å². The van der Waals surface area contributed by atoms with Crippen LogP contribution in [-0.4, -0.2) is 48.6 Å². The Morgan fingerprint density at radius 2 is 2.10 bits per heavy atom. The zero-order valence-electron chi connectivity index (χ0n) is 17.3. The van der Waals surface area contributed by atoms with Gasteiger partial charge in [-0.2, -0.15) is 5.26 Å². The van der Waals surface area contributed by atoms with Gasteiger partial charge in [0.05, 0.1) is 6.61 Å². The second-order valence-electron chi connectivity index (χ2n) is 7.55. The third kappa shape index (κ3) is 6.25. The lowest BCUT2D eigenvalue weighted by Gasteiger charge is -2.35. The molecule has 0 atom stereocenters. The number of nitriles is 1. The molecule has 30 heavy (non-hydrogen) atoms. The highest BCUT2D eigenvalue weighted by Crippen LogP contribution is 2.32. The van der Waals surface area contributed by atoms with Crippen LogP contribution in [0.2, 0.25) is 0 Å². The fourth-order valence-electron chi connectivity index (χ4n) is 3.83. The van der Waals surface area contributed by atoms with Crippen molar-refractivity contribution in [2.24, 2.45) is 21.6 Å². The minimum atomic E-state index is 0.143. The molecule has 0 aromatic heterocycles. The van der Waals surface area contributed by atoms with E-state index in [1.54, 1.807) is 6.20 Å². The number of rotatable bonds is 4. The van der Waals surface area contributed by atoms with Crippen LogP contribution in [0.15, 0.2) is 34.4 Å². The lowest BCUT2D eigenvalue weighted by molar-refractivity contribution is 0.322. The molecule has 160 valence electrons. The van der Waals surface area contributed by atoms with Crippen LogP contribution in [0.3, 0.4) is 0 Å². The van der Waals surface area contributed by atoms with Crippen LogP contribution in [0.5, 0.6) is 0 Å². The number of nitrogens with zero attached hydrogens (tertiary/aromatic N) is 4. The zero-order chi connectivity index (χ0) is 21.2. The molecule has 3 aliphatic heterocycles. The Morgan fingerprint density at radius 1 is 1.27 bits per heavy atom. The highest BCUT2D eigenvalue weighted by molar-refractivity contribution is 8.00. The van der Waals surface area contributed by atoms with E-state index in [1.165, 1.54) is 31.2 Å². The molecule has 3 aliphatic rings. The monoisotopic (exact) mass is 426 g/mol. The van der Waals surface area contributed by atoms with Gasteiger partial charge in [-0.1, -0.05) is 30.9 Å². The van der Waals surface area contributed by atoms with Gasteiger partial charge in [-0.05, 0) is 49.0 Å². The normalized spacial score (nSPS) is 19.4. The lowest BCUT2D eigenvalue weighted by Crippen LogP contribution is -2.34. The first-order chi connectivity index (χ1) is 14.7. The highest BCUT2D eigenvalue weighted by atomic mass is 32.2. The Hall–Kier alpha value is -2.50. The van der Waals surface area contributed by atoms with E-state index in [2.05, 4.69) is 31.7 Å². The van der Waals surface area contributed by atoms with Gasteiger partial charge >= 0.3 is 0 Å². The highest BCUT2D eigenvalue weighted by Gasteiger charge is 2.21. The number of aliphatic hydroxyl groups excluding tert-OH is 1.